The van der Waals surface area contributed by atoms with Crippen molar-refractivity contribution in [1.29, 1.82) is 0 Å². The summed E-state index contributed by atoms with van der Waals surface area (Å²) >= 11 is 12.7. The monoisotopic (exact) mass is 623 g/mol. The Labute approximate surface area is 262 Å². The number of amides is 2. The standard InChI is InChI=1S/C32H39Cl2N7O2/c1-5-6-7-26(25-9-8-20(17-35-25)29(42)36-18-27-37-19-38-40-27)41-30(43)28(21-14-23(33)16-24(34)15-21)39-32(41)12-10-22(11-13-32)31(2,3)4/h8-9,14-17,19,22,26H,5-7,10-13,18H2,1-4H3,(H,36,42)(H,37,38,40)/t22?,26-,32?/m1/s1. The first-order valence-electron chi connectivity index (χ1n) is 15.0. The van der Waals surface area contributed by atoms with Crippen LogP contribution in [-0.4, -0.2) is 48.3 Å². The highest BCUT2D eigenvalue weighted by atomic mass is 35.5. The topological polar surface area (TPSA) is 116 Å². The van der Waals surface area contributed by atoms with Crippen LogP contribution in [0.4, 0.5) is 0 Å². The number of carbonyl (C=O) groups is 2. The zero-order valence-corrected chi connectivity index (χ0v) is 26.7. The van der Waals surface area contributed by atoms with Gasteiger partial charge in [-0.3, -0.25) is 24.7 Å². The lowest BCUT2D eigenvalue weighted by Crippen LogP contribution is -2.51. The predicted molar refractivity (Wildman–Crippen MR) is 168 cm³/mol. The third kappa shape index (κ3) is 6.78. The number of nitrogens with zero attached hydrogens (tertiary/aromatic N) is 5. The van der Waals surface area contributed by atoms with Crippen LogP contribution in [-0.2, 0) is 11.3 Å². The maximum atomic E-state index is 14.4. The van der Waals surface area contributed by atoms with E-state index in [2.05, 4.69) is 48.2 Å². The number of nitrogens with one attached hydrogen (secondary N) is 2. The van der Waals surface area contributed by atoms with Crippen molar-refractivity contribution in [2.45, 2.75) is 90.9 Å². The molecule has 1 fully saturated rings. The number of aliphatic imine (C=N–C) groups is 1. The maximum Gasteiger partial charge on any atom is 0.275 e. The molecule has 1 atom stereocenters. The van der Waals surface area contributed by atoms with Gasteiger partial charge in [-0.15, -0.1) is 0 Å². The number of aromatic amines is 1. The fourth-order valence-electron chi connectivity index (χ4n) is 6.35. The zero-order valence-electron chi connectivity index (χ0n) is 25.2. The number of rotatable bonds is 9. The number of carbonyl (C=O) groups excluding carboxylic acids is 2. The number of benzene rings is 1. The first kappa shape index (κ1) is 31.1. The van der Waals surface area contributed by atoms with Gasteiger partial charge >= 0.3 is 0 Å². The third-order valence-corrected chi connectivity index (χ3v) is 9.18. The minimum atomic E-state index is -0.685. The fourth-order valence-corrected chi connectivity index (χ4v) is 6.87. The Hall–Kier alpha value is -3.30. The van der Waals surface area contributed by atoms with Crippen molar-refractivity contribution in [3.8, 4) is 0 Å². The maximum absolute atomic E-state index is 14.4. The molecule has 2 aliphatic rings. The number of halogens is 2. The van der Waals surface area contributed by atoms with Gasteiger partial charge in [0.1, 0.15) is 17.7 Å². The van der Waals surface area contributed by atoms with Crippen LogP contribution >= 0.6 is 23.2 Å². The van der Waals surface area contributed by atoms with Crippen LogP contribution in [0.25, 0.3) is 0 Å². The highest BCUT2D eigenvalue weighted by Crippen LogP contribution is 2.49. The van der Waals surface area contributed by atoms with E-state index in [1.54, 1.807) is 30.5 Å². The lowest BCUT2D eigenvalue weighted by molar-refractivity contribution is -0.134. The summed E-state index contributed by atoms with van der Waals surface area (Å²) in [5.41, 5.74) is 1.67. The Morgan fingerprint density at radius 2 is 1.86 bits per heavy atom. The normalized spacial score (nSPS) is 21.3. The molecule has 1 aromatic carbocycles. The predicted octanol–water partition coefficient (Wildman–Crippen LogP) is 6.93. The molecule has 3 aromatic rings. The van der Waals surface area contributed by atoms with Gasteiger partial charge in [0.15, 0.2) is 5.82 Å². The van der Waals surface area contributed by atoms with Crippen molar-refractivity contribution in [2.75, 3.05) is 0 Å². The summed E-state index contributed by atoms with van der Waals surface area (Å²) in [5, 5.41) is 10.3. The Balaban J connectivity index is 1.48. The molecule has 11 heteroatoms. The Morgan fingerprint density at radius 1 is 1.14 bits per heavy atom. The smallest absolute Gasteiger partial charge is 0.275 e. The molecule has 1 aliphatic carbocycles. The molecule has 3 heterocycles. The molecule has 228 valence electrons. The summed E-state index contributed by atoms with van der Waals surface area (Å²) in [7, 11) is 0. The second-order valence-electron chi connectivity index (χ2n) is 12.6. The number of aromatic nitrogens is 4. The first-order chi connectivity index (χ1) is 20.5. The number of hydrogen-bond acceptors (Lipinski definition) is 6. The van der Waals surface area contributed by atoms with E-state index in [1.807, 2.05) is 11.0 Å². The van der Waals surface area contributed by atoms with Crippen LogP contribution in [0, 0.1) is 11.3 Å². The lowest BCUT2D eigenvalue weighted by atomic mass is 9.69. The van der Waals surface area contributed by atoms with Gasteiger partial charge < -0.3 is 10.2 Å². The van der Waals surface area contributed by atoms with E-state index in [-0.39, 0.29) is 29.8 Å². The van der Waals surface area contributed by atoms with Crippen molar-refractivity contribution < 1.29 is 9.59 Å². The Morgan fingerprint density at radius 3 is 2.44 bits per heavy atom. The second kappa shape index (κ2) is 12.7. The molecule has 2 aromatic heterocycles. The average Bonchev–Trinajstić information content (AvgIpc) is 3.58. The molecular weight excluding hydrogens is 585 g/mol. The van der Waals surface area contributed by atoms with Gasteiger partial charge in [0.25, 0.3) is 11.8 Å². The van der Waals surface area contributed by atoms with E-state index >= 15 is 0 Å². The first-order valence-corrected chi connectivity index (χ1v) is 15.7. The van der Waals surface area contributed by atoms with E-state index in [4.69, 9.17) is 33.2 Å². The van der Waals surface area contributed by atoms with Crippen molar-refractivity contribution >= 4 is 40.7 Å². The van der Waals surface area contributed by atoms with E-state index in [1.165, 1.54) is 6.33 Å². The molecule has 1 spiro atoms. The lowest BCUT2D eigenvalue weighted by Gasteiger charge is -2.47. The molecule has 2 amide bonds. The number of hydrogen-bond donors (Lipinski definition) is 2. The SMILES string of the molecule is CCCC[C@H](c1ccc(C(=O)NCc2nc[nH]n2)cn1)N1C(=O)C(c2cc(Cl)cc(Cl)c2)=NC12CCC(C(C)(C)C)CC2. The van der Waals surface area contributed by atoms with E-state index < -0.39 is 5.66 Å². The van der Waals surface area contributed by atoms with Crippen LogP contribution < -0.4 is 5.32 Å². The van der Waals surface area contributed by atoms with Crippen LogP contribution in [0.2, 0.25) is 10.0 Å². The van der Waals surface area contributed by atoms with E-state index in [0.29, 0.717) is 38.6 Å². The zero-order chi connectivity index (χ0) is 30.8. The minimum absolute atomic E-state index is 0.135. The summed E-state index contributed by atoms with van der Waals surface area (Å²) in [6, 6.07) is 8.49. The summed E-state index contributed by atoms with van der Waals surface area (Å²) < 4.78 is 0. The molecule has 2 N–H and O–H groups in total. The Kier molecular flexibility index (Phi) is 9.23. The molecule has 0 unspecified atom stereocenters. The second-order valence-corrected chi connectivity index (χ2v) is 13.5. The molecule has 43 heavy (non-hydrogen) atoms. The Bertz CT molecular complexity index is 1450. The van der Waals surface area contributed by atoms with Crippen molar-refractivity contribution in [2.24, 2.45) is 16.3 Å². The molecule has 1 saturated carbocycles. The number of pyridine rings is 1. The van der Waals surface area contributed by atoms with Crippen LogP contribution in [0.3, 0.4) is 0 Å². The summed E-state index contributed by atoms with van der Waals surface area (Å²) in [6.45, 7) is 9.20. The average molecular weight is 625 g/mol. The molecule has 5 rings (SSSR count). The molecule has 0 saturated heterocycles. The van der Waals surface area contributed by atoms with Gasteiger partial charge in [0, 0.05) is 21.8 Å². The molecule has 0 radical (unpaired) electrons. The van der Waals surface area contributed by atoms with Crippen molar-refractivity contribution in [1.82, 2.24) is 30.4 Å². The van der Waals surface area contributed by atoms with Gasteiger partial charge in [0.05, 0.1) is 23.8 Å². The van der Waals surface area contributed by atoms with Gasteiger partial charge in [-0.1, -0.05) is 63.7 Å². The van der Waals surface area contributed by atoms with Crippen molar-refractivity contribution in [3.63, 3.8) is 0 Å². The molecule has 0 bridgehead atoms. The number of unbranched alkanes of at least 4 members (excludes halogenated alkanes) is 1. The van der Waals surface area contributed by atoms with Gasteiger partial charge in [-0.2, -0.15) is 5.10 Å². The van der Waals surface area contributed by atoms with Gasteiger partial charge in [0.2, 0.25) is 0 Å². The molecular formula is C32H39Cl2N7O2. The summed E-state index contributed by atoms with van der Waals surface area (Å²) in [6.07, 6.45) is 9.12. The van der Waals surface area contributed by atoms with Gasteiger partial charge in [-0.05, 0) is 73.8 Å². The summed E-state index contributed by atoms with van der Waals surface area (Å²) in [5.74, 6) is 0.625. The van der Waals surface area contributed by atoms with Gasteiger partial charge in [-0.25, -0.2) is 4.98 Å². The quantitative estimate of drug-likeness (QED) is 0.268. The van der Waals surface area contributed by atoms with Crippen molar-refractivity contribution in [3.05, 3.63) is 75.5 Å². The largest absolute Gasteiger partial charge is 0.345 e. The minimum Gasteiger partial charge on any atom is -0.345 e. The van der Waals surface area contributed by atoms with Crippen LogP contribution in [0.15, 0.2) is 47.8 Å². The van der Waals surface area contributed by atoms with E-state index in [0.717, 1.165) is 50.6 Å². The molecule has 1 aliphatic heterocycles. The number of H-pyrrole nitrogens is 1. The highest BCUT2D eigenvalue weighted by molar-refractivity contribution is 6.47. The summed E-state index contributed by atoms with van der Waals surface area (Å²) in [4.78, 5) is 43.2. The fraction of sp³-hybridized carbons (Fsp3) is 0.500. The molecule has 9 nitrogen and oxygen atoms in total. The van der Waals surface area contributed by atoms with E-state index in [9.17, 15) is 9.59 Å². The van der Waals surface area contributed by atoms with Crippen LogP contribution in [0.5, 0.6) is 0 Å². The van der Waals surface area contributed by atoms with Crippen LogP contribution in [0.1, 0.15) is 106 Å². The third-order valence-electron chi connectivity index (χ3n) is 8.74. The highest BCUT2D eigenvalue weighted by Gasteiger charge is 2.53.